The van der Waals surface area contributed by atoms with Gasteiger partial charge in [0.1, 0.15) is 12.1 Å². The Morgan fingerprint density at radius 1 is 0.467 bits per heavy atom. The average molecular weight is 575 g/mol. The maximum Gasteiger partial charge on any atom is 0.101 e. The summed E-state index contributed by atoms with van der Waals surface area (Å²) in [5.41, 5.74) is 11.3. The highest BCUT2D eigenvalue weighted by atomic mass is 15.1. The first-order chi connectivity index (χ1) is 22.0. The molecule has 0 fully saturated rings. The molecule has 0 saturated carbocycles. The summed E-state index contributed by atoms with van der Waals surface area (Å²) < 4.78 is 4.40. The van der Waals surface area contributed by atoms with Crippen molar-refractivity contribution in [3.63, 3.8) is 0 Å². The standard InChI is InChI=1S/C41H26N4/c1-41(2)33-15-7-3-11-27(33)31-21-32-30-14-6-10-18-37(30)45(38(32)22-34(31)41)40-26(24-43)20-19-25(23-42)39(40)44-35-16-8-4-12-28(35)29-13-5-9-17-36(29)44/h3-22H,1-2H3. The third-order valence-electron chi connectivity index (χ3n) is 9.80. The van der Waals surface area contributed by atoms with E-state index in [0.717, 1.165) is 43.6 Å². The van der Waals surface area contributed by atoms with E-state index < -0.39 is 0 Å². The number of hydrogen-bond acceptors (Lipinski definition) is 2. The normalized spacial score (nSPS) is 13.2. The van der Waals surface area contributed by atoms with Crippen LogP contribution in [0.1, 0.15) is 36.1 Å². The van der Waals surface area contributed by atoms with Gasteiger partial charge in [0, 0.05) is 27.0 Å². The van der Waals surface area contributed by atoms with Crippen LogP contribution < -0.4 is 0 Å². The lowest BCUT2D eigenvalue weighted by atomic mass is 9.82. The quantitative estimate of drug-likeness (QED) is 0.206. The lowest BCUT2D eigenvalue weighted by Crippen LogP contribution is -2.15. The van der Waals surface area contributed by atoms with Crippen molar-refractivity contribution in [1.29, 1.82) is 10.5 Å². The molecule has 4 heteroatoms. The van der Waals surface area contributed by atoms with Crippen LogP contribution in [0.15, 0.2) is 121 Å². The second-order valence-electron chi connectivity index (χ2n) is 12.4. The van der Waals surface area contributed by atoms with E-state index in [1.165, 1.54) is 22.3 Å². The van der Waals surface area contributed by atoms with Gasteiger partial charge < -0.3 is 9.13 Å². The first-order valence-electron chi connectivity index (χ1n) is 15.2. The molecule has 1 aliphatic rings. The molecule has 210 valence electrons. The van der Waals surface area contributed by atoms with Crippen molar-refractivity contribution in [1.82, 2.24) is 9.13 Å². The van der Waals surface area contributed by atoms with Gasteiger partial charge in [-0.05, 0) is 64.7 Å². The van der Waals surface area contributed by atoms with Crippen LogP contribution in [0, 0.1) is 22.7 Å². The lowest BCUT2D eigenvalue weighted by Gasteiger charge is -2.22. The van der Waals surface area contributed by atoms with E-state index in [2.05, 4.69) is 114 Å². The molecule has 0 amide bonds. The number of aromatic nitrogens is 2. The van der Waals surface area contributed by atoms with Gasteiger partial charge in [0.2, 0.25) is 0 Å². The molecule has 0 N–H and O–H groups in total. The van der Waals surface area contributed by atoms with Gasteiger partial charge in [-0.15, -0.1) is 0 Å². The Hall–Kier alpha value is -6.10. The molecule has 1 aliphatic carbocycles. The summed E-state index contributed by atoms with van der Waals surface area (Å²) in [6, 6.07) is 46.9. The molecule has 0 radical (unpaired) electrons. The molecule has 45 heavy (non-hydrogen) atoms. The first kappa shape index (κ1) is 25.4. The summed E-state index contributed by atoms with van der Waals surface area (Å²) in [4.78, 5) is 0. The van der Waals surface area contributed by atoms with Gasteiger partial charge >= 0.3 is 0 Å². The summed E-state index contributed by atoms with van der Waals surface area (Å²) in [7, 11) is 0. The Kier molecular flexibility index (Phi) is 5.06. The molecule has 8 aromatic rings. The molecule has 2 aromatic heterocycles. The maximum absolute atomic E-state index is 10.7. The summed E-state index contributed by atoms with van der Waals surface area (Å²) in [6.07, 6.45) is 0. The third-order valence-corrected chi connectivity index (χ3v) is 9.80. The van der Waals surface area contributed by atoms with E-state index in [9.17, 15) is 10.5 Å². The molecular weight excluding hydrogens is 548 g/mol. The molecule has 0 bridgehead atoms. The van der Waals surface area contributed by atoms with Crippen molar-refractivity contribution in [2.75, 3.05) is 0 Å². The number of nitriles is 2. The largest absolute Gasteiger partial charge is 0.306 e. The molecule has 6 aromatic carbocycles. The molecule has 2 heterocycles. The molecule has 0 atom stereocenters. The molecule has 0 saturated heterocycles. The van der Waals surface area contributed by atoms with Gasteiger partial charge in [0.05, 0.1) is 44.6 Å². The van der Waals surface area contributed by atoms with Crippen LogP contribution in [0.4, 0.5) is 0 Å². The molecule has 9 rings (SSSR count). The minimum Gasteiger partial charge on any atom is -0.306 e. The van der Waals surface area contributed by atoms with Crippen LogP contribution in [0.2, 0.25) is 0 Å². The predicted octanol–water partition coefficient (Wildman–Crippen LogP) is 9.93. The van der Waals surface area contributed by atoms with Crippen molar-refractivity contribution >= 4 is 43.6 Å². The second-order valence-corrected chi connectivity index (χ2v) is 12.4. The zero-order valence-corrected chi connectivity index (χ0v) is 24.8. The Morgan fingerprint density at radius 2 is 0.933 bits per heavy atom. The summed E-state index contributed by atoms with van der Waals surface area (Å²) in [6.45, 7) is 4.58. The highest BCUT2D eigenvalue weighted by Gasteiger charge is 2.36. The summed E-state index contributed by atoms with van der Waals surface area (Å²) in [5, 5.41) is 25.7. The topological polar surface area (TPSA) is 57.4 Å². The Morgan fingerprint density at radius 3 is 1.49 bits per heavy atom. The first-order valence-corrected chi connectivity index (χ1v) is 15.2. The fourth-order valence-corrected chi connectivity index (χ4v) is 7.78. The number of hydrogen-bond donors (Lipinski definition) is 0. The van der Waals surface area contributed by atoms with E-state index in [1.807, 2.05) is 30.3 Å². The van der Waals surface area contributed by atoms with Gasteiger partial charge in [-0.3, -0.25) is 0 Å². The van der Waals surface area contributed by atoms with E-state index >= 15 is 0 Å². The summed E-state index contributed by atoms with van der Waals surface area (Å²) in [5.74, 6) is 0. The van der Waals surface area contributed by atoms with Crippen molar-refractivity contribution in [3.05, 3.63) is 144 Å². The van der Waals surface area contributed by atoms with Crippen molar-refractivity contribution in [2.24, 2.45) is 0 Å². The number of para-hydroxylation sites is 3. The molecule has 4 nitrogen and oxygen atoms in total. The molecule has 0 unspecified atom stereocenters. The minimum atomic E-state index is -0.191. The van der Waals surface area contributed by atoms with Gasteiger partial charge in [-0.1, -0.05) is 92.7 Å². The second kappa shape index (κ2) is 8.96. The van der Waals surface area contributed by atoms with Crippen LogP contribution >= 0.6 is 0 Å². The van der Waals surface area contributed by atoms with Crippen LogP contribution in [0.5, 0.6) is 0 Å². The smallest absolute Gasteiger partial charge is 0.101 e. The minimum absolute atomic E-state index is 0.191. The third kappa shape index (κ3) is 3.23. The fourth-order valence-electron chi connectivity index (χ4n) is 7.78. The fraction of sp³-hybridized carbons (Fsp3) is 0.0732. The maximum atomic E-state index is 10.7. The van der Waals surface area contributed by atoms with Gasteiger partial charge in [-0.2, -0.15) is 10.5 Å². The van der Waals surface area contributed by atoms with Gasteiger partial charge in [0.15, 0.2) is 0 Å². The van der Waals surface area contributed by atoms with Crippen molar-refractivity contribution in [3.8, 4) is 34.6 Å². The van der Waals surface area contributed by atoms with Crippen molar-refractivity contribution in [2.45, 2.75) is 19.3 Å². The van der Waals surface area contributed by atoms with E-state index in [1.54, 1.807) is 12.1 Å². The Bertz CT molecular complexity index is 2600. The van der Waals surface area contributed by atoms with E-state index in [4.69, 9.17) is 0 Å². The van der Waals surface area contributed by atoms with Crippen LogP contribution in [0.25, 0.3) is 66.1 Å². The van der Waals surface area contributed by atoms with Crippen LogP contribution in [0.3, 0.4) is 0 Å². The van der Waals surface area contributed by atoms with Gasteiger partial charge in [0.25, 0.3) is 0 Å². The monoisotopic (exact) mass is 574 g/mol. The highest BCUT2D eigenvalue weighted by molar-refractivity contribution is 6.13. The van der Waals surface area contributed by atoms with E-state index in [0.29, 0.717) is 22.5 Å². The average Bonchev–Trinajstić information content (AvgIpc) is 3.66. The number of benzene rings is 6. The predicted molar refractivity (Wildman–Crippen MR) is 182 cm³/mol. The van der Waals surface area contributed by atoms with Gasteiger partial charge in [-0.25, -0.2) is 0 Å². The lowest BCUT2D eigenvalue weighted by molar-refractivity contribution is 0.661. The molecular formula is C41H26N4. The molecule has 0 aliphatic heterocycles. The number of fused-ring (bicyclic) bond motifs is 9. The molecule has 0 spiro atoms. The zero-order valence-electron chi connectivity index (χ0n) is 24.8. The van der Waals surface area contributed by atoms with Crippen molar-refractivity contribution < 1.29 is 0 Å². The summed E-state index contributed by atoms with van der Waals surface area (Å²) >= 11 is 0. The van der Waals surface area contributed by atoms with E-state index in [-0.39, 0.29) is 5.41 Å². The number of rotatable bonds is 2. The van der Waals surface area contributed by atoms with Crippen LogP contribution in [-0.2, 0) is 5.41 Å². The zero-order chi connectivity index (χ0) is 30.4. The Labute approximate surface area is 260 Å². The number of nitrogens with zero attached hydrogens (tertiary/aromatic N) is 4. The Balaban J connectivity index is 1.49. The highest BCUT2D eigenvalue weighted by Crippen LogP contribution is 2.51. The van der Waals surface area contributed by atoms with Crippen LogP contribution in [-0.4, -0.2) is 9.13 Å². The SMILES string of the molecule is CC1(C)c2ccccc2-c2cc3c4ccccc4n(-c4c(C#N)ccc(C#N)c4-n4c5ccccc5c5ccccc54)c3cc21.